The van der Waals surface area contributed by atoms with E-state index in [1.54, 1.807) is 25.2 Å². The highest BCUT2D eigenvalue weighted by atomic mass is 35.5. The molecule has 0 bridgehead atoms. The highest BCUT2D eigenvalue weighted by molar-refractivity contribution is 6.32. The molecule has 3 rings (SSSR count). The number of aliphatic imine (C=N–C) groups is 1. The van der Waals surface area contributed by atoms with E-state index in [0.717, 1.165) is 49.8 Å². The standard InChI is InChI=1S/C23H31ClN6O/c1-4-25-23(27-13-10-17-7-5-8-18(15-17)22(31)29(2)3)28-19-11-14-30(16-19)21-20(24)9-6-12-26-21/h5-9,12,15,19H,4,10-11,13-14,16H2,1-3H3,(H2,25,27,28). The van der Waals surface area contributed by atoms with Crippen LogP contribution in [0.25, 0.3) is 0 Å². The lowest BCUT2D eigenvalue weighted by Crippen LogP contribution is -2.44. The molecule has 2 aromatic rings. The third-order valence-corrected chi connectivity index (χ3v) is 5.46. The van der Waals surface area contributed by atoms with Crippen molar-refractivity contribution in [2.45, 2.75) is 25.8 Å². The van der Waals surface area contributed by atoms with Crippen LogP contribution in [0, 0.1) is 0 Å². The molecule has 1 atom stereocenters. The van der Waals surface area contributed by atoms with Gasteiger partial charge in [0, 0.05) is 58.1 Å². The van der Waals surface area contributed by atoms with Crippen molar-refractivity contribution in [3.8, 4) is 0 Å². The second kappa shape index (κ2) is 11.0. The van der Waals surface area contributed by atoms with Crippen LogP contribution in [-0.4, -0.2) is 68.1 Å². The molecule has 0 radical (unpaired) electrons. The summed E-state index contributed by atoms with van der Waals surface area (Å²) in [6.07, 6.45) is 3.53. The number of anilines is 1. The molecular formula is C23H31ClN6O. The maximum Gasteiger partial charge on any atom is 0.253 e. The van der Waals surface area contributed by atoms with Crippen molar-refractivity contribution in [1.29, 1.82) is 0 Å². The highest BCUT2D eigenvalue weighted by Gasteiger charge is 2.25. The van der Waals surface area contributed by atoms with Gasteiger partial charge in [-0.3, -0.25) is 9.79 Å². The zero-order valence-electron chi connectivity index (χ0n) is 18.4. The van der Waals surface area contributed by atoms with Crippen molar-refractivity contribution in [3.63, 3.8) is 0 Å². The normalized spacial score (nSPS) is 16.3. The molecule has 2 N–H and O–H groups in total. The van der Waals surface area contributed by atoms with Gasteiger partial charge in [-0.25, -0.2) is 4.98 Å². The van der Waals surface area contributed by atoms with Crippen LogP contribution in [0.15, 0.2) is 47.6 Å². The molecule has 0 saturated carbocycles. The molecule has 1 amide bonds. The number of carbonyl (C=O) groups is 1. The fourth-order valence-corrected chi connectivity index (χ4v) is 3.85. The van der Waals surface area contributed by atoms with Gasteiger partial charge in [0.1, 0.15) is 5.82 Å². The van der Waals surface area contributed by atoms with Crippen molar-refractivity contribution in [2.75, 3.05) is 45.2 Å². The van der Waals surface area contributed by atoms with E-state index in [2.05, 4.69) is 27.4 Å². The van der Waals surface area contributed by atoms with Gasteiger partial charge in [0.05, 0.1) is 5.02 Å². The lowest BCUT2D eigenvalue weighted by atomic mass is 10.1. The molecule has 2 heterocycles. The third-order valence-electron chi connectivity index (χ3n) is 5.16. The minimum Gasteiger partial charge on any atom is -0.357 e. The third kappa shape index (κ3) is 6.34. The number of benzene rings is 1. The number of hydrogen-bond acceptors (Lipinski definition) is 4. The molecule has 166 valence electrons. The lowest BCUT2D eigenvalue weighted by molar-refractivity contribution is 0.0827. The molecule has 0 spiro atoms. The Bertz CT molecular complexity index is 916. The number of pyridine rings is 1. The molecule has 1 fully saturated rings. The Morgan fingerprint density at radius 2 is 2.16 bits per heavy atom. The Kier molecular flexibility index (Phi) is 8.12. The van der Waals surface area contributed by atoms with Gasteiger partial charge in [0.25, 0.3) is 5.91 Å². The van der Waals surface area contributed by atoms with Crippen LogP contribution in [0.4, 0.5) is 5.82 Å². The first kappa shape index (κ1) is 22.9. The number of amides is 1. The smallest absolute Gasteiger partial charge is 0.253 e. The van der Waals surface area contributed by atoms with Crippen LogP contribution < -0.4 is 15.5 Å². The molecule has 31 heavy (non-hydrogen) atoms. The Balaban J connectivity index is 1.57. The van der Waals surface area contributed by atoms with Gasteiger partial charge in [0.15, 0.2) is 5.96 Å². The molecule has 1 aromatic carbocycles. The van der Waals surface area contributed by atoms with E-state index in [0.29, 0.717) is 17.1 Å². The van der Waals surface area contributed by atoms with Crippen molar-refractivity contribution < 1.29 is 4.79 Å². The fourth-order valence-electron chi connectivity index (χ4n) is 3.61. The van der Waals surface area contributed by atoms with E-state index in [-0.39, 0.29) is 11.9 Å². The number of halogens is 1. The van der Waals surface area contributed by atoms with Gasteiger partial charge in [-0.1, -0.05) is 23.7 Å². The van der Waals surface area contributed by atoms with E-state index in [1.165, 1.54) is 0 Å². The number of rotatable bonds is 7. The average Bonchev–Trinajstić information content (AvgIpc) is 3.22. The second-order valence-electron chi connectivity index (χ2n) is 7.80. The number of guanidine groups is 1. The average molecular weight is 443 g/mol. The topological polar surface area (TPSA) is 72.9 Å². The minimum absolute atomic E-state index is 0.0131. The van der Waals surface area contributed by atoms with Crippen LogP contribution in [0.5, 0.6) is 0 Å². The molecule has 8 heteroatoms. The van der Waals surface area contributed by atoms with Crippen LogP contribution in [-0.2, 0) is 6.42 Å². The Morgan fingerprint density at radius 1 is 1.32 bits per heavy atom. The predicted molar refractivity (Wildman–Crippen MR) is 127 cm³/mol. The fraction of sp³-hybridized carbons (Fsp3) is 0.435. The van der Waals surface area contributed by atoms with Crippen LogP contribution in [0.1, 0.15) is 29.3 Å². The molecular weight excluding hydrogens is 412 g/mol. The minimum atomic E-state index is 0.0131. The summed E-state index contributed by atoms with van der Waals surface area (Å²) >= 11 is 6.30. The summed E-state index contributed by atoms with van der Waals surface area (Å²) in [6, 6.07) is 11.8. The van der Waals surface area contributed by atoms with E-state index in [1.807, 2.05) is 36.4 Å². The molecule has 1 unspecified atom stereocenters. The molecule has 1 saturated heterocycles. The summed E-state index contributed by atoms with van der Waals surface area (Å²) in [5.41, 5.74) is 1.81. The summed E-state index contributed by atoms with van der Waals surface area (Å²) in [5, 5.41) is 7.54. The number of carbonyl (C=O) groups excluding carboxylic acids is 1. The largest absolute Gasteiger partial charge is 0.357 e. The Morgan fingerprint density at radius 3 is 2.90 bits per heavy atom. The molecule has 1 aliphatic heterocycles. The van der Waals surface area contributed by atoms with Gasteiger partial charge in [-0.05, 0) is 49.6 Å². The monoisotopic (exact) mass is 442 g/mol. The van der Waals surface area contributed by atoms with Crippen molar-refractivity contribution in [3.05, 3.63) is 58.7 Å². The Labute approximate surface area is 189 Å². The predicted octanol–water partition coefficient (Wildman–Crippen LogP) is 2.81. The zero-order valence-corrected chi connectivity index (χ0v) is 19.2. The van der Waals surface area contributed by atoms with E-state index >= 15 is 0 Å². The number of aromatic nitrogens is 1. The Hall–Kier alpha value is -2.80. The number of hydrogen-bond donors (Lipinski definition) is 2. The van der Waals surface area contributed by atoms with Crippen molar-refractivity contribution in [1.82, 2.24) is 20.5 Å². The van der Waals surface area contributed by atoms with Gasteiger partial charge >= 0.3 is 0 Å². The molecule has 1 aliphatic rings. The number of nitrogens with one attached hydrogen (secondary N) is 2. The van der Waals surface area contributed by atoms with Crippen LogP contribution in [0.3, 0.4) is 0 Å². The maximum atomic E-state index is 12.2. The van der Waals surface area contributed by atoms with Gasteiger partial charge in [-0.2, -0.15) is 0 Å². The summed E-state index contributed by atoms with van der Waals surface area (Å²) in [5.74, 6) is 1.66. The molecule has 0 aliphatic carbocycles. The summed E-state index contributed by atoms with van der Waals surface area (Å²) in [7, 11) is 3.53. The maximum absolute atomic E-state index is 12.2. The van der Waals surface area contributed by atoms with E-state index in [9.17, 15) is 4.79 Å². The molecule has 7 nitrogen and oxygen atoms in total. The summed E-state index contributed by atoms with van der Waals surface area (Å²) in [6.45, 7) is 5.22. The van der Waals surface area contributed by atoms with E-state index in [4.69, 9.17) is 16.6 Å². The first-order valence-electron chi connectivity index (χ1n) is 10.7. The highest BCUT2D eigenvalue weighted by Crippen LogP contribution is 2.25. The van der Waals surface area contributed by atoms with Crippen molar-refractivity contribution in [2.24, 2.45) is 4.99 Å². The van der Waals surface area contributed by atoms with Crippen LogP contribution in [0.2, 0.25) is 5.02 Å². The van der Waals surface area contributed by atoms with Gasteiger partial charge in [-0.15, -0.1) is 0 Å². The first-order chi connectivity index (χ1) is 15.0. The summed E-state index contributed by atoms with van der Waals surface area (Å²) in [4.78, 5) is 25.1. The lowest BCUT2D eigenvalue weighted by Gasteiger charge is -2.20. The molecule has 1 aromatic heterocycles. The van der Waals surface area contributed by atoms with Gasteiger partial charge < -0.3 is 20.4 Å². The zero-order chi connectivity index (χ0) is 22.2. The first-order valence-corrected chi connectivity index (χ1v) is 11.1. The number of nitrogens with zero attached hydrogens (tertiary/aromatic N) is 4. The SMILES string of the molecule is CCNC(=NCCc1cccc(C(=O)N(C)C)c1)NC1CCN(c2ncccc2Cl)C1. The van der Waals surface area contributed by atoms with Crippen LogP contribution >= 0.6 is 11.6 Å². The summed E-state index contributed by atoms with van der Waals surface area (Å²) < 4.78 is 0. The van der Waals surface area contributed by atoms with E-state index < -0.39 is 0 Å². The van der Waals surface area contributed by atoms with Gasteiger partial charge in [0.2, 0.25) is 0 Å². The second-order valence-corrected chi connectivity index (χ2v) is 8.20. The van der Waals surface area contributed by atoms with Crippen molar-refractivity contribution >= 4 is 29.3 Å². The quantitative estimate of drug-likeness (QED) is 0.509.